The van der Waals surface area contributed by atoms with Gasteiger partial charge in [-0.3, -0.25) is 0 Å². The Labute approximate surface area is 163 Å². The van der Waals surface area contributed by atoms with Crippen LogP contribution < -0.4 is 5.32 Å². The van der Waals surface area contributed by atoms with Crippen molar-refractivity contribution in [1.82, 2.24) is 5.32 Å². The van der Waals surface area contributed by atoms with Crippen LogP contribution in [-0.2, 0) is 15.4 Å². The van der Waals surface area contributed by atoms with Gasteiger partial charge >= 0.3 is 8.56 Å². The Kier molecular flexibility index (Phi) is 12.9. The summed E-state index contributed by atoms with van der Waals surface area (Å²) in [5, 5.41) is 3.77. The van der Waals surface area contributed by atoms with Crippen LogP contribution in [0.5, 0.6) is 0 Å². The maximum atomic E-state index is 6.18. The molecule has 1 rings (SSSR count). The monoisotopic (exact) mass is 379 g/mol. The van der Waals surface area contributed by atoms with Crippen LogP contribution in [0.25, 0.3) is 0 Å². The number of rotatable bonds is 16. The fraction of sp³-hybridized carbons (Fsp3) is 0.727. The fourth-order valence-corrected chi connectivity index (χ4v) is 6.34. The molecular formula is C22H41NO2Si. The van der Waals surface area contributed by atoms with Crippen molar-refractivity contribution in [2.45, 2.75) is 90.9 Å². The molecular weight excluding hydrogens is 338 g/mol. The molecule has 4 heteroatoms. The lowest BCUT2D eigenvalue weighted by Gasteiger charge is -2.35. The molecule has 0 saturated heterocycles. The number of unbranched alkanes of at least 4 members (excludes halogenated alkanes) is 6. The van der Waals surface area contributed by atoms with Gasteiger partial charge in [0.1, 0.15) is 0 Å². The van der Waals surface area contributed by atoms with Crippen molar-refractivity contribution in [1.29, 1.82) is 0 Å². The third-order valence-electron chi connectivity index (χ3n) is 4.99. The zero-order chi connectivity index (χ0) is 19.1. The molecule has 0 amide bonds. The van der Waals surface area contributed by atoms with Crippen molar-refractivity contribution in [3.05, 3.63) is 35.9 Å². The lowest BCUT2D eigenvalue weighted by Crippen LogP contribution is -2.57. The van der Waals surface area contributed by atoms with Gasteiger partial charge < -0.3 is 14.2 Å². The highest BCUT2D eigenvalue weighted by Crippen LogP contribution is 2.20. The third-order valence-corrected chi connectivity index (χ3v) is 8.47. The topological polar surface area (TPSA) is 30.5 Å². The zero-order valence-electron chi connectivity index (χ0n) is 17.6. The second-order valence-electron chi connectivity index (χ2n) is 7.21. The quantitative estimate of drug-likeness (QED) is 0.283. The van der Waals surface area contributed by atoms with Crippen molar-refractivity contribution in [2.24, 2.45) is 0 Å². The molecule has 0 aliphatic carbocycles. The molecule has 150 valence electrons. The Morgan fingerprint density at radius 3 is 2.00 bits per heavy atom. The average Bonchev–Trinajstić information content (AvgIpc) is 2.64. The van der Waals surface area contributed by atoms with Crippen molar-refractivity contribution >= 4 is 8.56 Å². The highest BCUT2D eigenvalue weighted by molar-refractivity contribution is 6.67. The molecule has 26 heavy (non-hydrogen) atoms. The van der Waals surface area contributed by atoms with Gasteiger partial charge in [0.25, 0.3) is 0 Å². The lowest BCUT2D eigenvalue weighted by molar-refractivity contribution is 0.171. The predicted molar refractivity (Wildman–Crippen MR) is 115 cm³/mol. The molecule has 1 atom stereocenters. The van der Waals surface area contributed by atoms with Gasteiger partial charge in [-0.05, 0) is 32.4 Å². The Morgan fingerprint density at radius 1 is 0.846 bits per heavy atom. The Hall–Kier alpha value is -0.683. The number of nitrogens with one attached hydrogen (secondary N) is 1. The molecule has 0 heterocycles. The molecule has 0 saturated carbocycles. The molecule has 0 aliphatic heterocycles. The summed E-state index contributed by atoms with van der Waals surface area (Å²) in [6.07, 6.45) is 10.5. The summed E-state index contributed by atoms with van der Waals surface area (Å²) in [7, 11) is -2.22. The minimum atomic E-state index is -2.22. The van der Waals surface area contributed by atoms with Gasteiger partial charge in [-0.2, -0.15) is 0 Å². The van der Waals surface area contributed by atoms with Gasteiger partial charge in [0.05, 0.1) is 5.67 Å². The van der Waals surface area contributed by atoms with E-state index >= 15 is 0 Å². The van der Waals surface area contributed by atoms with Gasteiger partial charge in [0, 0.05) is 19.8 Å². The van der Waals surface area contributed by atoms with E-state index in [9.17, 15) is 0 Å². The number of hydrogen-bond acceptors (Lipinski definition) is 3. The lowest BCUT2D eigenvalue weighted by atomic mass is 10.1. The van der Waals surface area contributed by atoms with Crippen LogP contribution in [0.15, 0.2) is 30.3 Å². The largest absolute Gasteiger partial charge is 0.394 e. The van der Waals surface area contributed by atoms with Crippen LogP contribution in [-0.4, -0.2) is 27.4 Å². The molecule has 3 nitrogen and oxygen atoms in total. The predicted octanol–water partition coefficient (Wildman–Crippen LogP) is 5.97. The van der Waals surface area contributed by atoms with E-state index in [-0.39, 0.29) is 0 Å². The second kappa shape index (κ2) is 14.4. The highest BCUT2D eigenvalue weighted by Gasteiger charge is 2.40. The van der Waals surface area contributed by atoms with E-state index in [1.165, 1.54) is 50.5 Å². The summed E-state index contributed by atoms with van der Waals surface area (Å²) in [6, 6.07) is 10.6. The van der Waals surface area contributed by atoms with Crippen molar-refractivity contribution in [3.8, 4) is 0 Å². The normalized spacial score (nSPS) is 13.1. The highest BCUT2D eigenvalue weighted by atomic mass is 28.4. The van der Waals surface area contributed by atoms with E-state index in [4.69, 9.17) is 8.85 Å². The first-order chi connectivity index (χ1) is 12.7. The fourth-order valence-electron chi connectivity index (χ4n) is 3.51. The molecule has 1 aromatic carbocycles. The first-order valence-electron chi connectivity index (χ1n) is 10.7. The molecule has 1 aromatic rings. The van der Waals surface area contributed by atoms with E-state index in [0.29, 0.717) is 5.67 Å². The Bertz CT molecular complexity index is 435. The minimum Gasteiger partial charge on any atom is -0.394 e. The van der Waals surface area contributed by atoms with Crippen LogP contribution in [0.4, 0.5) is 0 Å². The number of benzene rings is 1. The summed E-state index contributed by atoms with van der Waals surface area (Å²) < 4.78 is 12.4. The van der Waals surface area contributed by atoms with Crippen LogP contribution in [0, 0.1) is 0 Å². The molecule has 1 N–H and O–H groups in total. The second-order valence-corrected chi connectivity index (χ2v) is 10.5. The SMILES string of the molecule is CCCCCCCCCC(NCc1ccccc1)[Si](C)(OCC)OCC. The molecule has 0 bridgehead atoms. The van der Waals surface area contributed by atoms with Gasteiger partial charge in [-0.25, -0.2) is 0 Å². The maximum Gasteiger partial charge on any atom is 0.352 e. The van der Waals surface area contributed by atoms with E-state index in [1.807, 2.05) is 0 Å². The van der Waals surface area contributed by atoms with Crippen molar-refractivity contribution in [2.75, 3.05) is 13.2 Å². The van der Waals surface area contributed by atoms with Crippen LogP contribution in [0.1, 0.15) is 77.7 Å². The van der Waals surface area contributed by atoms with E-state index in [2.05, 4.69) is 63.0 Å². The van der Waals surface area contributed by atoms with E-state index in [1.54, 1.807) is 0 Å². The third kappa shape index (κ3) is 9.31. The Balaban J connectivity index is 2.56. The molecule has 0 aliphatic rings. The average molecular weight is 380 g/mol. The molecule has 0 radical (unpaired) electrons. The van der Waals surface area contributed by atoms with Gasteiger partial charge in [0.2, 0.25) is 0 Å². The summed E-state index contributed by atoms with van der Waals surface area (Å²) in [5.41, 5.74) is 1.65. The maximum absolute atomic E-state index is 6.18. The van der Waals surface area contributed by atoms with Crippen molar-refractivity contribution in [3.63, 3.8) is 0 Å². The van der Waals surface area contributed by atoms with Crippen LogP contribution >= 0.6 is 0 Å². The van der Waals surface area contributed by atoms with Crippen LogP contribution in [0.2, 0.25) is 6.55 Å². The van der Waals surface area contributed by atoms with Gasteiger partial charge in [-0.15, -0.1) is 0 Å². The summed E-state index contributed by atoms with van der Waals surface area (Å²) in [6.45, 7) is 11.0. The van der Waals surface area contributed by atoms with Gasteiger partial charge in [0.15, 0.2) is 0 Å². The summed E-state index contributed by atoms with van der Waals surface area (Å²) in [5.74, 6) is 0. The van der Waals surface area contributed by atoms with Crippen molar-refractivity contribution < 1.29 is 8.85 Å². The summed E-state index contributed by atoms with van der Waals surface area (Å²) >= 11 is 0. The zero-order valence-corrected chi connectivity index (χ0v) is 18.6. The van der Waals surface area contributed by atoms with Gasteiger partial charge in [-0.1, -0.05) is 82.2 Å². The standard InChI is InChI=1S/C22H41NO2Si/c1-5-8-9-10-11-12-16-19-22(26(4,24-6-2)25-7-3)23-20-21-17-14-13-15-18-21/h13-15,17-18,22-23H,5-12,16,19-20H2,1-4H3. The smallest absolute Gasteiger partial charge is 0.352 e. The number of hydrogen-bond donors (Lipinski definition) is 1. The van der Waals surface area contributed by atoms with E-state index in [0.717, 1.165) is 26.2 Å². The van der Waals surface area contributed by atoms with E-state index < -0.39 is 8.56 Å². The molecule has 1 unspecified atom stereocenters. The first kappa shape index (κ1) is 23.4. The first-order valence-corrected chi connectivity index (χ1v) is 13.1. The minimum absolute atomic E-state index is 0.332. The Morgan fingerprint density at radius 2 is 1.42 bits per heavy atom. The summed E-state index contributed by atoms with van der Waals surface area (Å²) in [4.78, 5) is 0. The molecule has 0 aromatic heterocycles. The molecule has 0 fully saturated rings. The molecule has 0 spiro atoms. The van der Waals surface area contributed by atoms with Crippen LogP contribution in [0.3, 0.4) is 0 Å².